The molecule has 1 atom stereocenters. The van der Waals surface area contributed by atoms with Crippen molar-refractivity contribution in [2.75, 3.05) is 0 Å². The number of nitriles is 2. The van der Waals surface area contributed by atoms with Gasteiger partial charge in [-0.05, 0) is 30.4 Å². The summed E-state index contributed by atoms with van der Waals surface area (Å²) in [7, 11) is 0. The fourth-order valence-corrected chi connectivity index (χ4v) is 4.38. The van der Waals surface area contributed by atoms with Crippen molar-refractivity contribution in [3.05, 3.63) is 56.8 Å². The van der Waals surface area contributed by atoms with E-state index >= 15 is 0 Å². The van der Waals surface area contributed by atoms with Crippen molar-refractivity contribution in [1.29, 1.82) is 10.5 Å². The fraction of sp³-hybridized carbons (Fsp3) is 0.250. The Morgan fingerprint density at radius 2 is 2.00 bits per heavy atom. The molecule has 0 aliphatic heterocycles. The van der Waals surface area contributed by atoms with Crippen LogP contribution in [-0.4, -0.2) is 11.1 Å². The van der Waals surface area contributed by atoms with Crippen LogP contribution in [0.4, 0.5) is 0 Å². The number of allylic oxidation sites excluding steroid dienone is 2. The normalized spacial score (nSPS) is 16.1. The second-order valence-corrected chi connectivity index (χ2v) is 7.00. The first-order valence-electron chi connectivity index (χ1n) is 8.10. The molecular weight excluding hydrogens is 332 g/mol. The third-order valence-corrected chi connectivity index (χ3v) is 5.86. The molecule has 0 bridgehead atoms. The van der Waals surface area contributed by atoms with Gasteiger partial charge in [-0.2, -0.15) is 10.5 Å². The van der Waals surface area contributed by atoms with Crippen LogP contribution in [-0.2, 0) is 6.42 Å². The van der Waals surface area contributed by atoms with Gasteiger partial charge in [0.2, 0.25) is 0 Å². The maximum atomic E-state index is 11.6. The Bertz CT molecular complexity index is 940. The molecule has 0 saturated heterocycles. The maximum Gasteiger partial charge on any atom is 0.346 e. The summed E-state index contributed by atoms with van der Waals surface area (Å²) >= 11 is 1.17. The van der Waals surface area contributed by atoms with Gasteiger partial charge in [0.05, 0.1) is 11.6 Å². The number of nitrogens with zero attached hydrogens (tertiary/aromatic N) is 2. The van der Waals surface area contributed by atoms with Crippen LogP contribution in [0.25, 0.3) is 11.1 Å². The number of carboxylic acid groups (broad SMARTS) is 1. The predicted octanol–water partition coefficient (Wildman–Crippen LogP) is 4.87. The summed E-state index contributed by atoms with van der Waals surface area (Å²) < 4.78 is 0. The highest BCUT2D eigenvalue weighted by Gasteiger charge is 2.24. The van der Waals surface area contributed by atoms with Crippen LogP contribution in [0.2, 0.25) is 0 Å². The zero-order valence-electron chi connectivity index (χ0n) is 13.7. The van der Waals surface area contributed by atoms with E-state index in [9.17, 15) is 20.4 Å². The Kier molecular flexibility index (Phi) is 4.70. The lowest BCUT2D eigenvalue weighted by atomic mass is 9.91. The maximum absolute atomic E-state index is 11.6. The molecular formula is C20H16N2O2S. The molecule has 1 aliphatic rings. The highest BCUT2D eigenvalue weighted by atomic mass is 32.1. The largest absolute Gasteiger partial charge is 0.477 e. The molecule has 25 heavy (non-hydrogen) atoms. The average Bonchev–Trinajstić information content (AvgIpc) is 3.25. The molecule has 1 N–H and O–H groups in total. The molecule has 4 nitrogen and oxygen atoms in total. The zero-order chi connectivity index (χ0) is 18.0. The van der Waals surface area contributed by atoms with Gasteiger partial charge in [0.1, 0.15) is 10.9 Å². The lowest BCUT2D eigenvalue weighted by Gasteiger charge is -2.12. The molecule has 3 rings (SSSR count). The van der Waals surface area contributed by atoms with Crippen LogP contribution in [0.1, 0.15) is 51.4 Å². The van der Waals surface area contributed by atoms with Gasteiger partial charge in [0.25, 0.3) is 0 Å². The molecule has 1 aromatic heterocycles. The number of aryl methyl sites for hydroxylation is 1. The van der Waals surface area contributed by atoms with Crippen molar-refractivity contribution in [3.8, 4) is 23.3 Å². The van der Waals surface area contributed by atoms with Crippen LogP contribution >= 0.6 is 11.3 Å². The van der Waals surface area contributed by atoms with Crippen molar-refractivity contribution in [3.63, 3.8) is 0 Å². The van der Waals surface area contributed by atoms with E-state index in [0.29, 0.717) is 17.5 Å². The quantitative estimate of drug-likeness (QED) is 0.853. The van der Waals surface area contributed by atoms with E-state index in [0.717, 1.165) is 34.4 Å². The van der Waals surface area contributed by atoms with E-state index in [4.69, 9.17) is 0 Å². The molecule has 0 radical (unpaired) electrons. The Morgan fingerprint density at radius 1 is 1.28 bits per heavy atom. The van der Waals surface area contributed by atoms with E-state index < -0.39 is 5.97 Å². The first-order valence-corrected chi connectivity index (χ1v) is 8.91. The summed E-state index contributed by atoms with van der Waals surface area (Å²) in [4.78, 5) is 12.6. The van der Waals surface area contributed by atoms with Gasteiger partial charge in [0.15, 0.2) is 0 Å². The Morgan fingerprint density at radius 3 is 2.56 bits per heavy atom. The highest BCUT2D eigenvalue weighted by Crippen LogP contribution is 2.39. The lowest BCUT2D eigenvalue weighted by Crippen LogP contribution is -1.98. The SMILES string of the molecule is CCc1sc(C(=O)O)c(-c2ccc(C3CCC=C3C#N)cc2)c1C#N. The molecule has 0 amide bonds. The van der Waals surface area contributed by atoms with E-state index in [1.165, 1.54) is 11.3 Å². The molecule has 1 aliphatic carbocycles. The second kappa shape index (κ2) is 6.93. The van der Waals surface area contributed by atoms with E-state index in [2.05, 4.69) is 12.1 Å². The standard InChI is InChI=1S/C20H16N2O2S/c1-2-17-16(11-22)18(19(25-17)20(23)24)13-8-6-12(7-9-13)15-5-3-4-14(15)10-21/h4,6-9,15H,2-3,5H2,1H3,(H,23,24). The molecule has 1 unspecified atom stereocenters. The predicted molar refractivity (Wildman–Crippen MR) is 96.5 cm³/mol. The summed E-state index contributed by atoms with van der Waals surface area (Å²) in [5.41, 5.74) is 3.53. The molecule has 124 valence electrons. The smallest absolute Gasteiger partial charge is 0.346 e. The Hall–Kier alpha value is -2.89. The van der Waals surface area contributed by atoms with Crippen molar-refractivity contribution in [2.24, 2.45) is 0 Å². The summed E-state index contributed by atoms with van der Waals surface area (Å²) in [5.74, 6) is -0.895. The van der Waals surface area contributed by atoms with Crippen LogP contribution in [0.3, 0.4) is 0 Å². The third-order valence-electron chi connectivity index (χ3n) is 4.53. The second-order valence-electron chi connectivity index (χ2n) is 5.90. The number of benzene rings is 1. The zero-order valence-corrected chi connectivity index (χ0v) is 14.6. The molecule has 0 spiro atoms. The van der Waals surface area contributed by atoms with Crippen molar-refractivity contribution in [2.45, 2.75) is 32.1 Å². The van der Waals surface area contributed by atoms with Crippen molar-refractivity contribution in [1.82, 2.24) is 0 Å². The molecule has 0 saturated carbocycles. The van der Waals surface area contributed by atoms with Crippen molar-refractivity contribution >= 4 is 17.3 Å². The van der Waals surface area contributed by atoms with Crippen LogP contribution in [0.5, 0.6) is 0 Å². The van der Waals surface area contributed by atoms with Crippen molar-refractivity contribution < 1.29 is 9.90 Å². The summed E-state index contributed by atoms with van der Waals surface area (Å²) in [6, 6.07) is 12.0. The number of aromatic carboxylic acids is 1. The van der Waals surface area contributed by atoms with Gasteiger partial charge in [-0.3, -0.25) is 0 Å². The number of carbonyl (C=O) groups is 1. The Balaban J connectivity index is 2.05. The number of rotatable bonds is 4. The minimum atomic E-state index is -1.01. The number of hydrogen-bond acceptors (Lipinski definition) is 4. The molecule has 1 heterocycles. The molecule has 1 aromatic carbocycles. The third kappa shape index (κ3) is 2.95. The first-order chi connectivity index (χ1) is 12.1. The summed E-state index contributed by atoms with van der Waals surface area (Å²) in [6.45, 7) is 1.92. The van der Waals surface area contributed by atoms with Gasteiger partial charge < -0.3 is 5.11 Å². The fourth-order valence-electron chi connectivity index (χ4n) is 3.33. The van der Waals surface area contributed by atoms with Gasteiger partial charge in [-0.15, -0.1) is 11.3 Å². The van der Waals surface area contributed by atoms with E-state index in [1.807, 2.05) is 37.3 Å². The minimum Gasteiger partial charge on any atom is -0.477 e. The highest BCUT2D eigenvalue weighted by molar-refractivity contribution is 7.14. The first kappa shape index (κ1) is 17.0. The molecule has 5 heteroatoms. The average molecular weight is 348 g/mol. The number of hydrogen-bond donors (Lipinski definition) is 1. The number of carboxylic acids is 1. The topological polar surface area (TPSA) is 84.9 Å². The minimum absolute atomic E-state index is 0.113. The van der Waals surface area contributed by atoms with E-state index in [-0.39, 0.29) is 10.8 Å². The van der Waals surface area contributed by atoms with Crippen LogP contribution in [0, 0.1) is 22.7 Å². The van der Waals surface area contributed by atoms with Crippen LogP contribution < -0.4 is 0 Å². The van der Waals surface area contributed by atoms with E-state index in [1.54, 1.807) is 0 Å². The van der Waals surface area contributed by atoms with Gasteiger partial charge >= 0.3 is 5.97 Å². The van der Waals surface area contributed by atoms with Gasteiger partial charge in [0, 0.05) is 21.9 Å². The van der Waals surface area contributed by atoms with Gasteiger partial charge in [-0.1, -0.05) is 37.3 Å². The number of thiophene rings is 1. The summed E-state index contributed by atoms with van der Waals surface area (Å²) in [6.07, 6.45) is 4.43. The monoisotopic (exact) mass is 348 g/mol. The molecule has 2 aromatic rings. The van der Waals surface area contributed by atoms with Gasteiger partial charge in [-0.25, -0.2) is 4.79 Å². The summed E-state index contributed by atoms with van der Waals surface area (Å²) in [5, 5.41) is 28.2. The lowest BCUT2D eigenvalue weighted by molar-refractivity contribution is 0.0703. The van der Waals surface area contributed by atoms with Crippen LogP contribution in [0.15, 0.2) is 35.9 Å². The molecule has 0 fully saturated rings. The Labute approximate surface area is 150 Å².